The third-order valence-corrected chi connectivity index (χ3v) is 8.29. The van der Waals surface area contributed by atoms with Gasteiger partial charge >= 0.3 is 24.2 Å². The third-order valence-electron chi connectivity index (χ3n) is 5.90. The Morgan fingerprint density at radius 2 is 1.60 bits per heavy atom. The van der Waals surface area contributed by atoms with Crippen molar-refractivity contribution < 1.29 is 49.8 Å². The molecule has 0 fully saturated rings. The zero-order valence-corrected chi connectivity index (χ0v) is 29.2. The Morgan fingerprint density at radius 1 is 1.00 bits per heavy atom. The van der Waals surface area contributed by atoms with Crippen molar-refractivity contribution in [3.8, 4) is 17.4 Å². The van der Waals surface area contributed by atoms with Gasteiger partial charge in [0, 0.05) is 0 Å². The molecule has 4 N–H and O–H groups in total. The highest BCUT2D eigenvalue weighted by molar-refractivity contribution is 7.92. The number of carbonyl (C=O) groups is 2. The number of amides is 2. The number of carboxylic acid groups (broad SMARTS) is 1. The van der Waals surface area contributed by atoms with Crippen LogP contribution in [-0.2, 0) is 25.8 Å². The normalized spacial score (nSPS) is 11.3. The van der Waals surface area contributed by atoms with Crippen LogP contribution >= 0.6 is 23.2 Å². The highest BCUT2D eigenvalue weighted by Crippen LogP contribution is 2.31. The van der Waals surface area contributed by atoms with Crippen LogP contribution < -0.4 is 29.9 Å². The van der Waals surface area contributed by atoms with E-state index in [0.717, 1.165) is 12.3 Å². The Kier molecular flexibility index (Phi) is 12.7. The first kappa shape index (κ1) is 39.4. The number of aryl methyl sites for hydroxylation is 1. The predicted octanol–water partition coefficient (Wildman–Crippen LogP) is 3.26. The van der Waals surface area contributed by atoms with Crippen LogP contribution in [-0.4, -0.2) is 78.7 Å². The van der Waals surface area contributed by atoms with Gasteiger partial charge in [-0.15, -0.1) is 5.10 Å². The number of nitrogens with zero attached hydrogens (tertiary/aromatic N) is 5. The molecule has 0 radical (unpaired) electrons. The molecule has 0 unspecified atom stereocenters. The summed E-state index contributed by atoms with van der Waals surface area (Å²) in [7, 11) is -5.15. The summed E-state index contributed by atoms with van der Waals surface area (Å²) in [6.07, 6.45) is 0.902. The van der Waals surface area contributed by atoms with E-state index in [4.69, 9.17) is 37.8 Å². The maximum atomic E-state index is 12.8. The van der Waals surface area contributed by atoms with Crippen molar-refractivity contribution in [2.75, 3.05) is 30.5 Å². The standard InChI is InChI=1S/C15H16N4O7S.C11H10Cl2F2N4O3S/c1-25-11-7-12(26-2)17-14(16-11)18-15(22)19-27(23,24)8-9-5-3-4-6-10(9)13(20)21;1-5-16-19(11(20)18(5)10(14)15)9-4-8(17-23(2,21)22)6(12)3-7(9)13/h3-7H,8H2,1-2H3,(H,20,21)(H2,16,17,18,19,22);3-4,10,17H,1-2H3. The Labute approximate surface area is 292 Å². The largest absolute Gasteiger partial charge is 0.481 e. The minimum atomic E-state index is -4.18. The van der Waals surface area contributed by atoms with Gasteiger partial charge < -0.3 is 14.6 Å². The number of hydrogen-bond donors (Lipinski definition) is 4. The molecule has 2 amide bonds. The molecule has 2 aromatic heterocycles. The van der Waals surface area contributed by atoms with E-state index in [1.807, 2.05) is 0 Å². The quantitative estimate of drug-likeness (QED) is 0.171. The molecule has 0 spiro atoms. The minimum Gasteiger partial charge on any atom is -0.481 e. The zero-order chi connectivity index (χ0) is 37.6. The second-order valence-electron chi connectivity index (χ2n) is 9.60. The highest BCUT2D eigenvalue weighted by atomic mass is 35.5. The number of urea groups is 1. The molecule has 2 aromatic carbocycles. The smallest absolute Gasteiger partial charge is 0.355 e. The number of methoxy groups -OCH3 is 2. The average Bonchev–Trinajstić information content (AvgIpc) is 3.30. The van der Waals surface area contributed by atoms with Gasteiger partial charge in [-0.2, -0.15) is 23.4 Å². The highest BCUT2D eigenvalue weighted by Gasteiger charge is 2.22. The number of alkyl halides is 2. The van der Waals surface area contributed by atoms with Crippen LogP contribution in [0, 0.1) is 6.92 Å². The lowest BCUT2D eigenvalue weighted by Crippen LogP contribution is -2.36. The molecule has 0 aliphatic heterocycles. The maximum Gasteiger partial charge on any atom is 0.355 e. The van der Waals surface area contributed by atoms with Gasteiger partial charge in [-0.1, -0.05) is 41.4 Å². The van der Waals surface area contributed by atoms with Crippen LogP contribution in [0.5, 0.6) is 11.8 Å². The number of sulfonamides is 2. The Bertz CT molecular complexity index is 2180. The molecule has 24 heteroatoms. The van der Waals surface area contributed by atoms with Gasteiger partial charge in [0.15, 0.2) is 0 Å². The van der Waals surface area contributed by atoms with Gasteiger partial charge in [0.1, 0.15) is 5.82 Å². The summed E-state index contributed by atoms with van der Waals surface area (Å²) in [5, 5.41) is 14.9. The second-order valence-corrected chi connectivity index (χ2v) is 13.9. The number of anilines is 2. The molecule has 0 saturated carbocycles. The van der Waals surface area contributed by atoms with Gasteiger partial charge in [-0.3, -0.25) is 10.0 Å². The third kappa shape index (κ3) is 10.5. The topological polar surface area (TPSA) is 243 Å². The van der Waals surface area contributed by atoms with Crippen LogP contribution in [0.15, 0.2) is 47.3 Å². The Hall–Kier alpha value is -5.06. The number of carbonyl (C=O) groups excluding carboxylic acids is 1. The molecule has 0 saturated heterocycles. The van der Waals surface area contributed by atoms with Gasteiger partial charge in [0.25, 0.3) is 0 Å². The lowest BCUT2D eigenvalue weighted by Gasteiger charge is -2.10. The van der Waals surface area contributed by atoms with Crippen LogP contribution in [0.2, 0.25) is 10.0 Å². The number of carboxylic acids is 1. The fraction of sp³-hybridized carbons (Fsp3) is 0.231. The number of aromatic nitrogens is 5. The number of aromatic carboxylic acids is 1. The molecule has 50 heavy (non-hydrogen) atoms. The zero-order valence-electron chi connectivity index (χ0n) is 26.0. The van der Waals surface area contributed by atoms with Gasteiger partial charge in [0.2, 0.25) is 37.8 Å². The molecule has 18 nitrogen and oxygen atoms in total. The van der Waals surface area contributed by atoms with E-state index in [1.165, 1.54) is 57.5 Å². The monoisotopic (exact) mass is 782 g/mol. The molecule has 4 rings (SSSR count). The van der Waals surface area contributed by atoms with Crippen molar-refractivity contribution in [1.29, 1.82) is 0 Å². The Morgan fingerprint density at radius 3 is 2.12 bits per heavy atom. The SMILES string of the molecule is COc1cc(OC)nc(NC(=O)NS(=O)(=O)Cc2ccccc2C(=O)O)n1.Cc1nn(-c2cc(NS(C)(=O)=O)c(Cl)cc2Cl)c(=O)n1C(F)F. The van der Waals surface area contributed by atoms with Crippen molar-refractivity contribution in [3.63, 3.8) is 0 Å². The summed E-state index contributed by atoms with van der Waals surface area (Å²) in [5.41, 5.74) is -1.42. The average molecular weight is 784 g/mol. The molecule has 4 aromatic rings. The summed E-state index contributed by atoms with van der Waals surface area (Å²) in [6.45, 7) is -1.85. The summed E-state index contributed by atoms with van der Waals surface area (Å²) < 4.78 is 87.2. The van der Waals surface area contributed by atoms with Gasteiger partial charge in [-0.05, 0) is 30.7 Å². The fourth-order valence-electron chi connectivity index (χ4n) is 3.87. The number of ether oxygens (including phenoxy) is 2. The number of nitrogens with one attached hydrogen (secondary N) is 3. The van der Waals surface area contributed by atoms with E-state index < -0.39 is 50.0 Å². The van der Waals surface area contributed by atoms with E-state index in [0.29, 0.717) is 4.68 Å². The van der Waals surface area contributed by atoms with Crippen molar-refractivity contribution in [1.82, 2.24) is 29.0 Å². The molecule has 0 atom stereocenters. The lowest BCUT2D eigenvalue weighted by atomic mass is 10.1. The Balaban J connectivity index is 0.000000274. The predicted molar refractivity (Wildman–Crippen MR) is 176 cm³/mol. The van der Waals surface area contributed by atoms with Crippen LogP contribution in [0.4, 0.5) is 25.2 Å². The summed E-state index contributed by atoms with van der Waals surface area (Å²) in [6, 6.07) is 8.12. The van der Waals surface area contributed by atoms with E-state index in [-0.39, 0.29) is 60.6 Å². The second kappa shape index (κ2) is 16.1. The van der Waals surface area contributed by atoms with Crippen molar-refractivity contribution in [3.05, 3.63) is 79.9 Å². The lowest BCUT2D eigenvalue weighted by molar-refractivity contribution is 0.0639. The number of rotatable bonds is 11. The first-order valence-corrected chi connectivity index (χ1v) is 17.6. The van der Waals surface area contributed by atoms with E-state index in [2.05, 4.69) is 25.1 Å². The molecule has 0 aliphatic rings. The van der Waals surface area contributed by atoms with Crippen molar-refractivity contribution >= 4 is 66.9 Å². The number of benzene rings is 2. The fourth-order valence-corrected chi connectivity index (χ4v) is 6.07. The molecule has 270 valence electrons. The van der Waals surface area contributed by atoms with Crippen LogP contribution in [0.1, 0.15) is 28.3 Å². The molecule has 0 aliphatic carbocycles. The maximum absolute atomic E-state index is 12.8. The van der Waals surface area contributed by atoms with Crippen molar-refractivity contribution in [2.24, 2.45) is 0 Å². The molecular weight excluding hydrogens is 757 g/mol. The number of hydrogen-bond acceptors (Lipinski definition) is 12. The van der Waals surface area contributed by atoms with E-state index >= 15 is 0 Å². The molecule has 2 heterocycles. The van der Waals surface area contributed by atoms with Crippen molar-refractivity contribution in [2.45, 2.75) is 19.2 Å². The molecule has 0 bridgehead atoms. The van der Waals surface area contributed by atoms with Crippen LogP contribution in [0.3, 0.4) is 0 Å². The van der Waals surface area contributed by atoms with E-state index in [9.17, 15) is 40.0 Å². The first-order chi connectivity index (χ1) is 23.2. The van der Waals surface area contributed by atoms with Crippen LogP contribution in [0.25, 0.3) is 5.69 Å². The summed E-state index contributed by atoms with van der Waals surface area (Å²) in [5.74, 6) is -2.27. The minimum absolute atomic E-state index is 0.0257. The van der Waals surface area contributed by atoms with Gasteiger partial charge in [-0.25, -0.2) is 40.5 Å². The summed E-state index contributed by atoms with van der Waals surface area (Å²) in [4.78, 5) is 42.8. The number of halogens is 4. The molecular formula is C26H26Cl2F2N8O10S2. The summed E-state index contributed by atoms with van der Waals surface area (Å²) >= 11 is 11.8. The van der Waals surface area contributed by atoms with E-state index in [1.54, 1.807) is 4.72 Å². The first-order valence-electron chi connectivity index (χ1n) is 13.3. The van der Waals surface area contributed by atoms with Gasteiger partial charge in [0.05, 0.1) is 59.3 Å².